The third-order valence-corrected chi connectivity index (χ3v) is 6.98. The number of carbonyl (C=O) groups excluding carboxylic acids is 3. The van der Waals surface area contributed by atoms with E-state index in [9.17, 15) is 9.59 Å². The van der Waals surface area contributed by atoms with Crippen molar-refractivity contribution >= 4 is 35.0 Å². The minimum atomic E-state index is -1.40. The van der Waals surface area contributed by atoms with Crippen LogP contribution in [0.15, 0.2) is 48.0 Å². The van der Waals surface area contributed by atoms with Crippen LogP contribution in [0.4, 0.5) is 5.69 Å². The van der Waals surface area contributed by atoms with Gasteiger partial charge in [-0.25, -0.2) is 9.79 Å². The minimum absolute atomic E-state index is 0.210. The van der Waals surface area contributed by atoms with Crippen LogP contribution in [0.5, 0.6) is 5.75 Å². The van der Waals surface area contributed by atoms with Crippen molar-refractivity contribution in [3.63, 3.8) is 0 Å². The molecule has 224 valence electrons. The van der Waals surface area contributed by atoms with Crippen molar-refractivity contribution < 1.29 is 43.8 Å². The van der Waals surface area contributed by atoms with E-state index in [0.717, 1.165) is 29.2 Å². The topological polar surface area (TPSA) is 175 Å². The molecule has 0 radical (unpaired) electrons. The molecule has 1 aromatic heterocycles. The second kappa shape index (κ2) is 12.1. The monoisotopic (exact) mass is 587 g/mol. The van der Waals surface area contributed by atoms with Crippen molar-refractivity contribution in [3.05, 3.63) is 81.5 Å². The molecule has 1 unspecified atom stereocenters. The number of hydrogen-bond donors (Lipinski definition) is 3. The fraction of sp³-hybridized carbons (Fsp3) is 0.281. The molecule has 2 aliphatic carbocycles. The predicted molar refractivity (Wildman–Crippen MR) is 155 cm³/mol. The number of pyridine rings is 1. The van der Waals surface area contributed by atoms with Crippen molar-refractivity contribution in [1.29, 1.82) is 0 Å². The van der Waals surface area contributed by atoms with Crippen LogP contribution in [0.2, 0.25) is 0 Å². The molecule has 3 aliphatic rings. The molecule has 2 heterocycles. The van der Waals surface area contributed by atoms with Crippen LogP contribution in [0.25, 0.3) is 17.0 Å². The summed E-state index contributed by atoms with van der Waals surface area (Å²) in [5.74, 6) is -1.43. The Balaban J connectivity index is 0.000000551. The summed E-state index contributed by atoms with van der Waals surface area (Å²) in [6.45, 7) is 8.01. The number of aliphatic hydroxyl groups excluding tert-OH is 1. The number of aliphatic hydroxyl groups is 1. The number of aryl methyl sites for hydroxylation is 1. The maximum atomic E-state index is 13.2. The van der Waals surface area contributed by atoms with Gasteiger partial charge in [-0.1, -0.05) is 24.3 Å². The van der Waals surface area contributed by atoms with Crippen molar-refractivity contribution in [3.8, 4) is 17.0 Å². The summed E-state index contributed by atoms with van der Waals surface area (Å²) >= 11 is 0. The summed E-state index contributed by atoms with van der Waals surface area (Å²) in [7, 11) is 1.59. The number of nitrogens with two attached hydrogens (primary N) is 1. The average Bonchev–Trinajstić information content (AvgIpc) is 3.38. The van der Waals surface area contributed by atoms with E-state index in [-0.39, 0.29) is 13.2 Å². The molecule has 0 fully saturated rings. The van der Waals surface area contributed by atoms with E-state index in [1.54, 1.807) is 27.9 Å². The highest BCUT2D eigenvalue weighted by atomic mass is 16.6. The number of methoxy groups -OCH3 is 1. The molecular formula is C32H33N3O8. The molecule has 4 N–H and O–H groups in total. The smallest absolute Gasteiger partial charge is 0.346 e. The molecule has 0 bridgehead atoms. The van der Waals surface area contributed by atoms with Gasteiger partial charge in [0.05, 0.1) is 36.4 Å². The molecule has 11 heteroatoms. The number of hydrogen-bond acceptors (Lipinski definition) is 10. The van der Waals surface area contributed by atoms with Crippen molar-refractivity contribution in [2.24, 2.45) is 5.73 Å². The fourth-order valence-corrected chi connectivity index (χ4v) is 5.70. The molecule has 3 aromatic rings. The number of aromatic nitrogens is 1. The SMILES string of the molecule is CC(=O)[O-].CCO.CCOC(=O)c1c(C)nc2c3c1[NH+]=C1C(=C(N)c4cc(OC)ccc41)C3(OC(C)=O)c1ccccc1-2. The maximum absolute atomic E-state index is 13.2. The molecule has 0 saturated carbocycles. The van der Waals surface area contributed by atoms with Gasteiger partial charge in [0.2, 0.25) is 17.0 Å². The van der Waals surface area contributed by atoms with E-state index in [1.165, 1.54) is 6.92 Å². The van der Waals surface area contributed by atoms with E-state index in [2.05, 4.69) is 4.99 Å². The number of carboxylic acid groups (broad SMARTS) is 1. The lowest BCUT2D eigenvalue weighted by atomic mass is 9.78. The normalized spacial score (nSPS) is 16.1. The minimum Gasteiger partial charge on any atom is -0.550 e. The van der Waals surface area contributed by atoms with Gasteiger partial charge in [-0.2, -0.15) is 0 Å². The van der Waals surface area contributed by atoms with Crippen molar-refractivity contribution in [1.82, 2.24) is 4.98 Å². The van der Waals surface area contributed by atoms with Crippen LogP contribution in [0.1, 0.15) is 66.0 Å². The van der Waals surface area contributed by atoms with Gasteiger partial charge in [-0.15, -0.1) is 0 Å². The Labute approximate surface area is 248 Å². The van der Waals surface area contributed by atoms with Crippen molar-refractivity contribution in [2.75, 3.05) is 20.3 Å². The Kier molecular flexibility index (Phi) is 8.67. The molecule has 0 amide bonds. The fourth-order valence-electron chi connectivity index (χ4n) is 5.70. The van der Waals surface area contributed by atoms with Crippen LogP contribution in [-0.2, 0) is 24.7 Å². The number of rotatable bonds is 4. The van der Waals surface area contributed by atoms with Gasteiger partial charge in [0.25, 0.3) is 0 Å². The zero-order valence-electron chi connectivity index (χ0n) is 24.8. The van der Waals surface area contributed by atoms with E-state index in [0.29, 0.717) is 50.9 Å². The second-order valence-electron chi connectivity index (χ2n) is 9.72. The lowest BCUT2D eigenvalue weighted by Gasteiger charge is -2.34. The van der Waals surface area contributed by atoms with Crippen LogP contribution in [-0.4, -0.2) is 54.0 Å². The molecular weight excluding hydrogens is 554 g/mol. The van der Waals surface area contributed by atoms with E-state index < -0.39 is 23.5 Å². The standard InChI is InChI=1S/C28H23N3O5.C2H4O2.C2H6O/c1-5-35-27(33)20-13(2)30-25-17-8-6-7-9-19(17)28(36-14(3)32)21-23(29)18-12-15(34-4)10-11-16(18)24(21)31-26(20)22(25)28;1-2(3)4;1-2-3/h6-12H,5,29H2,1-4H3;1H3,(H,3,4);3H,2H2,1H3. The van der Waals surface area contributed by atoms with Crippen LogP contribution in [0.3, 0.4) is 0 Å². The van der Waals surface area contributed by atoms with E-state index in [4.69, 9.17) is 39.9 Å². The Bertz CT molecular complexity index is 1700. The molecule has 1 aliphatic heterocycles. The first-order valence-electron chi connectivity index (χ1n) is 13.6. The summed E-state index contributed by atoms with van der Waals surface area (Å²) < 4.78 is 17.1. The zero-order chi connectivity index (χ0) is 31.6. The molecule has 1 atom stereocenters. The third kappa shape index (κ3) is 5.01. The number of carboxylic acids is 1. The highest BCUT2D eigenvalue weighted by Crippen LogP contribution is 2.59. The first-order chi connectivity index (χ1) is 20.5. The number of nitrogens with zero attached hydrogens (tertiary/aromatic N) is 1. The van der Waals surface area contributed by atoms with E-state index in [1.807, 2.05) is 42.5 Å². The average molecular weight is 588 g/mol. The molecule has 43 heavy (non-hydrogen) atoms. The van der Waals surface area contributed by atoms with Gasteiger partial charge in [0.1, 0.15) is 16.9 Å². The van der Waals surface area contributed by atoms with E-state index >= 15 is 0 Å². The van der Waals surface area contributed by atoms with Gasteiger partial charge in [0, 0.05) is 36.2 Å². The second-order valence-corrected chi connectivity index (χ2v) is 9.72. The summed E-state index contributed by atoms with van der Waals surface area (Å²) in [4.78, 5) is 43.1. The zero-order valence-corrected chi connectivity index (χ0v) is 24.8. The number of aliphatic carboxylic acids is 1. The largest absolute Gasteiger partial charge is 0.550 e. The summed E-state index contributed by atoms with van der Waals surface area (Å²) in [6, 6.07) is 13.2. The Morgan fingerprint density at radius 1 is 1.07 bits per heavy atom. The molecule has 11 nitrogen and oxygen atoms in total. The summed E-state index contributed by atoms with van der Waals surface area (Å²) in [5.41, 5.74) is 12.8. The van der Waals surface area contributed by atoms with Gasteiger partial charge < -0.3 is 35.0 Å². The molecule has 0 saturated heterocycles. The third-order valence-electron chi connectivity index (χ3n) is 6.98. The Morgan fingerprint density at radius 3 is 2.33 bits per heavy atom. The summed E-state index contributed by atoms with van der Waals surface area (Å²) in [6.07, 6.45) is 0. The number of carbonyl (C=O) groups is 3. The first kappa shape index (κ1) is 30.9. The van der Waals surface area contributed by atoms with Gasteiger partial charge in [-0.05, 0) is 45.9 Å². The maximum Gasteiger partial charge on any atom is 0.346 e. The quantitative estimate of drug-likeness (QED) is 0.374. The molecule has 2 aromatic carbocycles. The van der Waals surface area contributed by atoms with Crippen LogP contribution < -0.4 is 20.6 Å². The highest BCUT2D eigenvalue weighted by Gasteiger charge is 2.61. The van der Waals surface area contributed by atoms with Crippen LogP contribution in [0, 0.1) is 6.92 Å². The van der Waals surface area contributed by atoms with Gasteiger partial charge >= 0.3 is 11.9 Å². The number of benzene rings is 2. The predicted octanol–water partition coefficient (Wildman–Crippen LogP) is 1.02. The number of nitrogens with one attached hydrogen (secondary N) is 1. The van der Waals surface area contributed by atoms with Gasteiger partial charge in [0.15, 0.2) is 5.56 Å². The van der Waals surface area contributed by atoms with Crippen LogP contribution >= 0.6 is 0 Å². The van der Waals surface area contributed by atoms with Crippen molar-refractivity contribution in [2.45, 2.75) is 40.2 Å². The van der Waals surface area contributed by atoms with Gasteiger partial charge in [-0.3, -0.25) is 9.78 Å². The number of ether oxygens (including phenoxy) is 3. The molecule has 0 spiro atoms. The molecule has 6 rings (SSSR count). The summed E-state index contributed by atoms with van der Waals surface area (Å²) in [5, 5.41) is 16.5. The Morgan fingerprint density at radius 2 is 1.72 bits per heavy atom. The Hall–Kier alpha value is -5.03. The lowest BCUT2D eigenvalue weighted by molar-refractivity contribution is -0.358. The number of fused-ring (bicyclic) bond motifs is 7. The lowest BCUT2D eigenvalue weighted by Crippen LogP contribution is -2.72. The number of esters is 2. The first-order valence-corrected chi connectivity index (χ1v) is 13.6. The highest BCUT2D eigenvalue weighted by molar-refractivity contribution is 6.24.